The molecule has 1 atom stereocenters. The van der Waals surface area contributed by atoms with Gasteiger partial charge in [0.15, 0.2) is 5.41 Å². The van der Waals surface area contributed by atoms with Crippen LogP contribution in [0.1, 0.15) is 17.5 Å². The number of aryl methyl sites for hydroxylation is 1. The highest BCUT2D eigenvalue weighted by Crippen LogP contribution is 2.63. The van der Waals surface area contributed by atoms with Gasteiger partial charge in [-0.15, -0.1) is 0 Å². The molecule has 1 unspecified atom stereocenters. The van der Waals surface area contributed by atoms with Crippen LogP contribution in [-0.2, 0) is 10.2 Å². The van der Waals surface area contributed by atoms with E-state index in [4.69, 9.17) is 9.84 Å². The second-order valence-electron chi connectivity index (χ2n) is 4.39. The van der Waals surface area contributed by atoms with Gasteiger partial charge in [-0.25, -0.2) is 13.2 Å². The number of methoxy groups -OCH3 is 1. The average molecular weight is 260 g/mol. The van der Waals surface area contributed by atoms with Crippen LogP contribution in [0, 0.1) is 12.7 Å². The van der Waals surface area contributed by atoms with E-state index in [-0.39, 0.29) is 16.9 Å². The molecular weight excluding hydrogens is 249 g/mol. The number of hydrogen-bond acceptors (Lipinski definition) is 2. The third kappa shape index (κ3) is 1.48. The average Bonchev–Trinajstić information content (AvgIpc) is 2.86. The summed E-state index contributed by atoms with van der Waals surface area (Å²) in [6.07, 6.45) is -0.839. The van der Waals surface area contributed by atoms with Gasteiger partial charge in [0.25, 0.3) is 5.92 Å². The fraction of sp³-hybridized carbons (Fsp3) is 0.417. The lowest BCUT2D eigenvalue weighted by atomic mass is 9.93. The van der Waals surface area contributed by atoms with Crippen molar-refractivity contribution in [3.05, 3.63) is 29.1 Å². The molecule has 0 aliphatic heterocycles. The van der Waals surface area contributed by atoms with Crippen LogP contribution in [0.4, 0.5) is 13.2 Å². The molecule has 6 heteroatoms. The zero-order valence-electron chi connectivity index (χ0n) is 9.76. The Morgan fingerprint density at radius 3 is 2.39 bits per heavy atom. The number of carboxylic acids is 1. The lowest BCUT2D eigenvalue weighted by Gasteiger charge is -2.16. The minimum Gasteiger partial charge on any atom is -0.496 e. The summed E-state index contributed by atoms with van der Waals surface area (Å²) in [6.45, 7) is 1.44. The van der Waals surface area contributed by atoms with Crippen molar-refractivity contribution >= 4 is 5.97 Å². The van der Waals surface area contributed by atoms with E-state index in [1.807, 2.05) is 0 Å². The zero-order chi connectivity index (χ0) is 13.7. The molecule has 98 valence electrons. The summed E-state index contributed by atoms with van der Waals surface area (Å²) in [6, 6.07) is 2.05. The first kappa shape index (κ1) is 12.7. The molecule has 0 spiro atoms. The van der Waals surface area contributed by atoms with E-state index in [1.54, 1.807) is 0 Å². The highest BCUT2D eigenvalue weighted by Gasteiger charge is 2.78. The minimum absolute atomic E-state index is 0.0338. The van der Waals surface area contributed by atoms with Crippen LogP contribution in [0.5, 0.6) is 5.75 Å². The second-order valence-corrected chi connectivity index (χ2v) is 4.39. The quantitative estimate of drug-likeness (QED) is 0.908. The lowest BCUT2D eigenvalue weighted by Crippen LogP contribution is -2.28. The Kier molecular flexibility index (Phi) is 2.57. The standard InChI is InChI=1S/C12H11F3O3/c1-6-3-9(18-2)7(4-8(6)13)11(10(16)17)5-12(11,14)15/h3-4H,5H2,1-2H3,(H,16,17). The number of hydrogen-bond donors (Lipinski definition) is 1. The van der Waals surface area contributed by atoms with Gasteiger partial charge in [0.2, 0.25) is 0 Å². The summed E-state index contributed by atoms with van der Waals surface area (Å²) in [4.78, 5) is 11.1. The smallest absolute Gasteiger partial charge is 0.320 e. The molecule has 1 aliphatic carbocycles. The van der Waals surface area contributed by atoms with Crippen LogP contribution in [0.3, 0.4) is 0 Å². The normalized spacial score (nSPS) is 24.7. The van der Waals surface area contributed by atoms with Crippen molar-refractivity contribution in [3.8, 4) is 5.75 Å². The van der Waals surface area contributed by atoms with E-state index in [0.29, 0.717) is 0 Å². The first-order valence-electron chi connectivity index (χ1n) is 5.22. The van der Waals surface area contributed by atoms with Crippen LogP contribution in [0.15, 0.2) is 12.1 Å². The highest BCUT2D eigenvalue weighted by atomic mass is 19.3. The summed E-state index contributed by atoms with van der Waals surface area (Å²) in [5, 5.41) is 9.01. The number of alkyl halides is 2. The van der Waals surface area contributed by atoms with Crippen LogP contribution in [0.25, 0.3) is 0 Å². The van der Waals surface area contributed by atoms with Crippen molar-refractivity contribution in [2.45, 2.75) is 24.7 Å². The number of carbonyl (C=O) groups is 1. The summed E-state index contributed by atoms with van der Waals surface area (Å²) < 4.78 is 45.1. The summed E-state index contributed by atoms with van der Waals surface area (Å²) in [5.41, 5.74) is -2.47. The van der Waals surface area contributed by atoms with Gasteiger partial charge in [-0.05, 0) is 24.6 Å². The van der Waals surface area contributed by atoms with E-state index in [0.717, 1.165) is 6.07 Å². The first-order chi connectivity index (χ1) is 8.26. The Labute approximate surface area is 101 Å². The number of benzene rings is 1. The molecule has 1 aromatic carbocycles. The van der Waals surface area contributed by atoms with Crippen LogP contribution in [0.2, 0.25) is 0 Å². The maximum Gasteiger partial charge on any atom is 0.320 e. The molecule has 0 aromatic heterocycles. The molecule has 1 aliphatic rings. The van der Waals surface area contributed by atoms with Gasteiger partial charge in [-0.3, -0.25) is 4.79 Å². The summed E-state index contributed by atoms with van der Waals surface area (Å²) >= 11 is 0. The van der Waals surface area contributed by atoms with Gasteiger partial charge in [-0.2, -0.15) is 0 Å². The largest absolute Gasteiger partial charge is 0.496 e. The predicted octanol–water partition coefficient (Wildman–Crippen LogP) is 2.50. The zero-order valence-corrected chi connectivity index (χ0v) is 9.76. The molecule has 1 aromatic rings. The third-order valence-electron chi connectivity index (χ3n) is 3.29. The van der Waals surface area contributed by atoms with Gasteiger partial charge >= 0.3 is 5.97 Å². The molecule has 18 heavy (non-hydrogen) atoms. The minimum atomic E-state index is -3.38. The number of ether oxygens (including phenoxy) is 1. The Balaban J connectivity index is 2.64. The Bertz CT molecular complexity index is 528. The van der Waals surface area contributed by atoms with E-state index >= 15 is 0 Å². The van der Waals surface area contributed by atoms with Crippen LogP contribution >= 0.6 is 0 Å². The van der Waals surface area contributed by atoms with Crippen molar-refractivity contribution in [2.24, 2.45) is 0 Å². The predicted molar refractivity (Wildman–Crippen MR) is 56.6 cm³/mol. The molecular formula is C12H11F3O3. The highest BCUT2D eigenvalue weighted by molar-refractivity contribution is 5.88. The topological polar surface area (TPSA) is 46.5 Å². The molecule has 0 heterocycles. The second kappa shape index (κ2) is 3.63. The van der Waals surface area contributed by atoms with E-state index in [1.165, 1.54) is 20.1 Å². The van der Waals surface area contributed by atoms with Crippen LogP contribution < -0.4 is 4.74 Å². The van der Waals surface area contributed by atoms with Gasteiger partial charge in [0.05, 0.1) is 7.11 Å². The van der Waals surface area contributed by atoms with E-state index in [2.05, 4.69) is 0 Å². The van der Waals surface area contributed by atoms with Crippen molar-refractivity contribution in [1.82, 2.24) is 0 Å². The van der Waals surface area contributed by atoms with Crippen LogP contribution in [-0.4, -0.2) is 24.1 Å². The van der Waals surface area contributed by atoms with Crippen molar-refractivity contribution < 1.29 is 27.8 Å². The number of carboxylic acid groups (broad SMARTS) is 1. The van der Waals surface area contributed by atoms with Crippen molar-refractivity contribution in [1.29, 1.82) is 0 Å². The molecule has 1 saturated carbocycles. The fourth-order valence-corrected chi connectivity index (χ4v) is 2.09. The van der Waals surface area contributed by atoms with Crippen molar-refractivity contribution in [2.75, 3.05) is 7.11 Å². The first-order valence-corrected chi connectivity index (χ1v) is 5.22. The summed E-state index contributed by atoms with van der Waals surface area (Å²) in [5.74, 6) is -5.81. The third-order valence-corrected chi connectivity index (χ3v) is 3.29. The lowest BCUT2D eigenvalue weighted by molar-refractivity contribution is -0.143. The fourth-order valence-electron chi connectivity index (χ4n) is 2.09. The Hall–Kier alpha value is -1.72. The maximum atomic E-state index is 13.5. The molecule has 0 radical (unpaired) electrons. The molecule has 1 fully saturated rings. The Morgan fingerprint density at radius 1 is 1.44 bits per heavy atom. The van der Waals surface area contributed by atoms with Gasteiger partial charge < -0.3 is 9.84 Å². The monoisotopic (exact) mass is 260 g/mol. The molecule has 2 rings (SSSR count). The maximum absolute atomic E-state index is 13.5. The number of halogens is 3. The summed E-state index contributed by atoms with van der Waals surface area (Å²) in [7, 11) is 1.23. The van der Waals surface area contributed by atoms with Gasteiger partial charge in [-0.1, -0.05) is 0 Å². The number of aliphatic carboxylic acids is 1. The number of rotatable bonds is 3. The SMILES string of the molecule is COc1cc(C)c(F)cc1C1(C(=O)O)CC1(F)F. The van der Waals surface area contributed by atoms with Gasteiger partial charge in [0.1, 0.15) is 11.6 Å². The molecule has 0 bridgehead atoms. The molecule has 1 N–H and O–H groups in total. The van der Waals surface area contributed by atoms with E-state index in [9.17, 15) is 18.0 Å². The van der Waals surface area contributed by atoms with Crippen molar-refractivity contribution in [3.63, 3.8) is 0 Å². The van der Waals surface area contributed by atoms with E-state index < -0.39 is 29.5 Å². The Morgan fingerprint density at radius 2 is 2.00 bits per heavy atom. The molecule has 0 amide bonds. The van der Waals surface area contributed by atoms with Gasteiger partial charge in [0, 0.05) is 12.0 Å². The molecule has 0 saturated heterocycles. The molecule has 3 nitrogen and oxygen atoms in total.